The molecule has 158 valence electrons. The summed E-state index contributed by atoms with van der Waals surface area (Å²) >= 11 is 7.34. The maximum atomic E-state index is 13.0. The Hall–Kier alpha value is -3.22. The molecule has 0 bridgehead atoms. The third kappa shape index (κ3) is 3.18. The predicted octanol–water partition coefficient (Wildman–Crippen LogP) is 5.40. The molecule has 0 unspecified atom stereocenters. The second-order valence-electron chi connectivity index (χ2n) is 7.82. The fourth-order valence-corrected chi connectivity index (χ4v) is 5.55. The Bertz CT molecular complexity index is 1280. The number of para-hydroxylation sites is 1. The quantitative estimate of drug-likeness (QED) is 0.521. The van der Waals surface area contributed by atoms with Gasteiger partial charge in [-0.3, -0.25) is 10.1 Å². The van der Waals surface area contributed by atoms with Crippen LogP contribution in [-0.2, 0) is 4.79 Å². The van der Waals surface area contributed by atoms with Crippen LogP contribution in [0.3, 0.4) is 0 Å². The highest BCUT2D eigenvalue weighted by Crippen LogP contribution is 2.53. The second-order valence-corrected chi connectivity index (χ2v) is 9.45. The molecular weight excluding hydrogens is 442 g/mol. The number of hydrogen-bond acceptors (Lipinski definition) is 5. The minimum atomic E-state index is -1.13. The molecule has 0 saturated carbocycles. The van der Waals surface area contributed by atoms with Crippen LogP contribution in [0.2, 0.25) is 5.02 Å². The average Bonchev–Trinajstić information content (AvgIpc) is 3.39. The van der Waals surface area contributed by atoms with Crippen molar-refractivity contribution >= 4 is 41.1 Å². The smallest absolute Gasteiger partial charge is 0.336 e. The Balaban J connectivity index is 1.42. The molecule has 7 heteroatoms. The van der Waals surface area contributed by atoms with Crippen LogP contribution < -0.4 is 10.1 Å². The zero-order valence-electron chi connectivity index (χ0n) is 16.9. The number of nitrogens with zero attached hydrogens (tertiary/aromatic N) is 2. The van der Waals surface area contributed by atoms with Crippen LogP contribution in [0.25, 0.3) is 6.08 Å². The van der Waals surface area contributed by atoms with Gasteiger partial charge in [-0.2, -0.15) is 5.10 Å². The average molecular weight is 460 g/mol. The first-order valence-electron chi connectivity index (χ1n) is 10.3. The summed E-state index contributed by atoms with van der Waals surface area (Å²) in [6.07, 6.45) is 2.58. The molecule has 0 aliphatic carbocycles. The van der Waals surface area contributed by atoms with Gasteiger partial charge in [-0.25, -0.2) is 5.01 Å². The highest BCUT2D eigenvalue weighted by Gasteiger charge is 2.57. The Morgan fingerprint density at radius 1 is 1.06 bits per heavy atom. The summed E-state index contributed by atoms with van der Waals surface area (Å²) in [7, 11) is 0. The van der Waals surface area contributed by atoms with E-state index in [1.165, 1.54) is 11.8 Å². The lowest BCUT2D eigenvalue weighted by Crippen LogP contribution is -2.58. The molecule has 0 aromatic heterocycles. The van der Waals surface area contributed by atoms with Gasteiger partial charge in [0.05, 0.1) is 16.7 Å². The Morgan fingerprint density at radius 3 is 2.62 bits per heavy atom. The number of ether oxygens (including phenoxy) is 1. The molecule has 5 nitrogen and oxygen atoms in total. The molecule has 3 aromatic carbocycles. The van der Waals surface area contributed by atoms with Gasteiger partial charge in [0.1, 0.15) is 5.75 Å². The molecule has 1 fully saturated rings. The van der Waals surface area contributed by atoms with Gasteiger partial charge < -0.3 is 4.74 Å². The van der Waals surface area contributed by atoms with Crippen molar-refractivity contribution in [3.8, 4) is 5.75 Å². The summed E-state index contributed by atoms with van der Waals surface area (Å²) in [5, 5.41) is 9.43. The molecule has 1 amide bonds. The van der Waals surface area contributed by atoms with Gasteiger partial charge in [0.2, 0.25) is 0 Å². The lowest BCUT2D eigenvalue weighted by molar-refractivity contribution is -0.127. The molecule has 1 N–H and O–H groups in total. The minimum absolute atomic E-state index is 0.0298. The molecule has 3 aliphatic rings. The SMILES string of the molecule is O=C1N[C@@]2(Oc3ccccc3[C@H]3CC(c4ccccc4)=NN32)S/C1=C\c1ccc(Cl)cc1. The molecule has 2 atom stereocenters. The van der Waals surface area contributed by atoms with Crippen molar-refractivity contribution in [2.75, 3.05) is 0 Å². The van der Waals surface area contributed by atoms with Crippen LogP contribution in [0.15, 0.2) is 88.9 Å². The number of hydrazone groups is 1. The fraction of sp³-hybridized carbons (Fsp3) is 0.120. The van der Waals surface area contributed by atoms with E-state index in [0.717, 1.165) is 34.6 Å². The Labute approximate surface area is 194 Å². The first kappa shape index (κ1) is 19.5. The Morgan fingerprint density at radius 2 is 1.81 bits per heavy atom. The van der Waals surface area contributed by atoms with E-state index in [2.05, 4.69) is 23.5 Å². The number of halogens is 1. The third-order valence-electron chi connectivity index (χ3n) is 5.76. The minimum Gasteiger partial charge on any atom is -0.439 e. The van der Waals surface area contributed by atoms with Crippen molar-refractivity contribution in [1.29, 1.82) is 0 Å². The van der Waals surface area contributed by atoms with Crippen LogP contribution >= 0.6 is 23.4 Å². The van der Waals surface area contributed by atoms with Crippen LogP contribution in [-0.4, -0.2) is 21.8 Å². The molecule has 0 radical (unpaired) electrons. The number of fused-ring (bicyclic) bond motifs is 4. The van der Waals surface area contributed by atoms with E-state index in [1.54, 1.807) is 0 Å². The van der Waals surface area contributed by atoms with Crippen LogP contribution in [0.4, 0.5) is 0 Å². The lowest BCUT2D eigenvalue weighted by Gasteiger charge is -2.43. The normalized spacial score (nSPS) is 24.7. The van der Waals surface area contributed by atoms with Crippen molar-refractivity contribution in [2.45, 2.75) is 17.6 Å². The number of hydrogen-bond donors (Lipinski definition) is 1. The number of nitrogens with one attached hydrogen (secondary N) is 1. The third-order valence-corrected chi connectivity index (χ3v) is 7.18. The number of rotatable bonds is 2. The molecule has 32 heavy (non-hydrogen) atoms. The number of amides is 1. The van der Waals surface area contributed by atoms with Crippen LogP contribution in [0, 0.1) is 0 Å². The highest BCUT2D eigenvalue weighted by molar-refractivity contribution is 8.05. The second kappa shape index (κ2) is 7.43. The summed E-state index contributed by atoms with van der Waals surface area (Å²) in [5.74, 6) is 0.574. The maximum Gasteiger partial charge on any atom is 0.336 e. The molecule has 6 rings (SSSR count). The van der Waals surface area contributed by atoms with E-state index >= 15 is 0 Å². The first-order chi connectivity index (χ1) is 15.6. The van der Waals surface area contributed by atoms with Crippen molar-refractivity contribution in [3.63, 3.8) is 0 Å². The summed E-state index contributed by atoms with van der Waals surface area (Å²) in [6.45, 7) is 0. The van der Waals surface area contributed by atoms with Gasteiger partial charge >= 0.3 is 5.18 Å². The van der Waals surface area contributed by atoms with Gasteiger partial charge in [-0.05, 0) is 47.2 Å². The molecule has 3 aromatic rings. The van der Waals surface area contributed by atoms with E-state index < -0.39 is 5.18 Å². The summed E-state index contributed by atoms with van der Waals surface area (Å²) < 4.78 is 6.42. The lowest BCUT2D eigenvalue weighted by atomic mass is 9.97. The van der Waals surface area contributed by atoms with Gasteiger partial charge in [-0.15, -0.1) is 0 Å². The highest BCUT2D eigenvalue weighted by atomic mass is 35.5. The topological polar surface area (TPSA) is 53.9 Å². The van der Waals surface area contributed by atoms with Crippen molar-refractivity contribution in [1.82, 2.24) is 10.3 Å². The van der Waals surface area contributed by atoms with Gasteiger partial charge in [0, 0.05) is 17.0 Å². The molecule has 1 spiro atoms. The zero-order valence-corrected chi connectivity index (χ0v) is 18.4. The Kier molecular flexibility index (Phi) is 4.52. The van der Waals surface area contributed by atoms with Crippen molar-refractivity contribution < 1.29 is 9.53 Å². The fourth-order valence-electron chi connectivity index (χ4n) is 4.26. The van der Waals surface area contributed by atoms with Gasteiger partial charge in [-0.1, -0.05) is 72.3 Å². The summed E-state index contributed by atoms with van der Waals surface area (Å²) in [5.41, 5.74) is 4.01. The van der Waals surface area contributed by atoms with Gasteiger partial charge in [0.15, 0.2) is 0 Å². The van der Waals surface area contributed by atoms with E-state index in [1.807, 2.05) is 71.7 Å². The van der Waals surface area contributed by atoms with Gasteiger partial charge in [0.25, 0.3) is 5.91 Å². The molecule has 3 heterocycles. The number of carbonyl (C=O) groups is 1. The first-order valence-corrected chi connectivity index (χ1v) is 11.5. The zero-order chi connectivity index (χ0) is 21.7. The molecule has 1 saturated heterocycles. The number of thioether (sulfide) groups is 1. The van der Waals surface area contributed by atoms with Crippen molar-refractivity contribution in [2.24, 2.45) is 5.10 Å². The largest absolute Gasteiger partial charge is 0.439 e. The van der Waals surface area contributed by atoms with Crippen LogP contribution in [0.1, 0.15) is 29.2 Å². The summed E-state index contributed by atoms with van der Waals surface area (Å²) in [6, 6.07) is 25.4. The van der Waals surface area contributed by atoms with E-state index in [4.69, 9.17) is 21.4 Å². The monoisotopic (exact) mass is 459 g/mol. The summed E-state index contributed by atoms with van der Waals surface area (Å²) in [4.78, 5) is 13.6. The van der Waals surface area contributed by atoms with E-state index in [0.29, 0.717) is 9.93 Å². The standard InChI is InChI=1S/C25H18ClN3O2S/c26-18-12-10-16(11-13-18)14-23-24(30)27-25(32-23)29-21(19-8-4-5-9-22(19)31-25)15-20(28-29)17-6-2-1-3-7-17/h1-14,21H,15H2,(H,27,30)/b23-14-/t21-,25-/m1/s1. The molecular formula is C25H18ClN3O2S. The number of carbonyl (C=O) groups excluding carboxylic acids is 1. The molecule has 3 aliphatic heterocycles. The van der Waals surface area contributed by atoms with Crippen LogP contribution in [0.5, 0.6) is 5.75 Å². The number of benzene rings is 3. The van der Waals surface area contributed by atoms with Crippen molar-refractivity contribution in [3.05, 3.63) is 105 Å². The maximum absolute atomic E-state index is 13.0. The van der Waals surface area contributed by atoms with E-state index in [-0.39, 0.29) is 11.9 Å². The predicted molar refractivity (Wildman–Crippen MR) is 127 cm³/mol. The van der Waals surface area contributed by atoms with E-state index in [9.17, 15) is 4.79 Å².